The van der Waals surface area contributed by atoms with Gasteiger partial charge in [0.15, 0.2) is 0 Å². The third-order valence-corrected chi connectivity index (χ3v) is 6.33. The zero-order chi connectivity index (χ0) is 33.3. The number of aromatic hydroxyl groups is 3. The van der Waals surface area contributed by atoms with Crippen molar-refractivity contribution in [2.24, 2.45) is 20.5 Å². The molecule has 0 atom stereocenters. The maximum absolute atomic E-state index is 10.9. The molecule has 47 heavy (non-hydrogen) atoms. The summed E-state index contributed by atoms with van der Waals surface area (Å²) in [6.45, 7) is 0. The van der Waals surface area contributed by atoms with Crippen molar-refractivity contribution >= 4 is 28.7 Å². The van der Waals surface area contributed by atoms with Crippen molar-refractivity contribution in [3.63, 3.8) is 0 Å². The van der Waals surface area contributed by atoms with Crippen molar-refractivity contribution < 1.29 is 25.2 Å². The van der Waals surface area contributed by atoms with E-state index in [-0.39, 0.29) is 22.7 Å². The van der Waals surface area contributed by atoms with E-state index in [0.29, 0.717) is 11.4 Å². The molecule has 9 heteroatoms. The van der Waals surface area contributed by atoms with E-state index in [9.17, 15) is 4.79 Å². The second-order valence-electron chi connectivity index (χ2n) is 9.92. The number of carbonyl (C=O) groups is 1. The van der Waals surface area contributed by atoms with E-state index >= 15 is 0 Å². The molecule has 6 aromatic rings. The summed E-state index contributed by atoms with van der Waals surface area (Å²) in [5.74, 6) is -0.356. The summed E-state index contributed by atoms with van der Waals surface area (Å²) in [5.41, 5.74) is 4.96. The Morgan fingerprint density at radius 2 is 0.809 bits per heavy atom. The van der Waals surface area contributed by atoms with Crippen LogP contribution < -0.4 is 0 Å². The molecule has 0 spiro atoms. The number of carboxylic acids is 1. The average Bonchev–Trinajstić information content (AvgIpc) is 3.10. The van der Waals surface area contributed by atoms with E-state index in [1.165, 1.54) is 29.3 Å². The summed E-state index contributed by atoms with van der Waals surface area (Å²) in [5, 5.41) is 52.1. The lowest BCUT2D eigenvalue weighted by Crippen LogP contribution is -1.95. The molecule has 0 heterocycles. The molecule has 0 fully saturated rings. The van der Waals surface area contributed by atoms with Gasteiger partial charge in [-0.15, -0.1) is 5.11 Å². The number of benzene rings is 6. The lowest BCUT2D eigenvalue weighted by molar-refractivity contribution is 0.0697. The largest absolute Gasteiger partial charge is 0.508 e. The van der Waals surface area contributed by atoms with Crippen LogP contribution in [-0.4, -0.2) is 26.4 Å². The Labute approximate surface area is 272 Å². The Kier molecular flexibility index (Phi) is 12.5. The molecule has 0 aliphatic rings. The maximum Gasteiger partial charge on any atom is 0.337 e. The van der Waals surface area contributed by atoms with Crippen LogP contribution >= 0.6 is 0 Å². The van der Waals surface area contributed by atoms with Gasteiger partial charge in [-0.3, -0.25) is 0 Å². The topological polar surface area (TPSA) is 147 Å². The van der Waals surface area contributed by atoms with Crippen molar-refractivity contribution in [1.82, 2.24) is 0 Å². The molecule has 0 radical (unpaired) electrons. The minimum Gasteiger partial charge on any atom is -0.508 e. The van der Waals surface area contributed by atoms with Crippen LogP contribution in [0.1, 0.15) is 21.5 Å². The lowest BCUT2D eigenvalue weighted by atomic mass is 10.1. The Balaban J connectivity index is 0.000000161. The molecule has 0 aliphatic heterocycles. The van der Waals surface area contributed by atoms with E-state index in [2.05, 4.69) is 32.6 Å². The summed E-state index contributed by atoms with van der Waals surface area (Å²) in [7, 11) is 0. The van der Waals surface area contributed by atoms with Crippen molar-refractivity contribution in [1.29, 1.82) is 0 Å². The predicted octanol–water partition coefficient (Wildman–Crippen LogP) is 10.3. The summed E-state index contributed by atoms with van der Waals surface area (Å²) >= 11 is 0. The van der Waals surface area contributed by atoms with E-state index in [1.807, 2.05) is 60.7 Å². The summed E-state index contributed by atoms with van der Waals surface area (Å²) in [4.78, 5) is 10.9. The molecular weight excluding hydrogens is 592 g/mol. The normalized spacial score (nSPS) is 10.5. The average molecular weight is 625 g/mol. The smallest absolute Gasteiger partial charge is 0.337 e. The molecule has 0 bridgehead atoms. The van der Waals surface area contributed by atoms with Gasteiger partial charge in [-0.05, 0) is 102 Å². The molecule has 0 saturated heterocycles. The van der Waals surface area contributed by atoms with E-state index in [4.69, 9.17) is 20.4 Å². The lowest BCUT2D eigenvalue weighted by Gasteiger charge is -2.01. The summed E-state index contributed by atoms with van der Waals surface area (Å²) in [6, 6.07) is 46.2. The number of phenols is 3. The molecule has 6 aromatic carbocycles. The number of azo groups is 2. The van der Waals surface area contributed by atoms with Crippen LogP contribution in [-0.2, 0) is 6.42 Å². The highest BCUT2D eigenvalue weighted by Gasteiger charge is 2.07. The summed E-state index contributed by atoms with van der Waals surface area (Å²) in [6.07, 6.45) is 0.918. The third-order valence-electron chi connectivity index (χ3n) is 6.33. The van der Waals surface area contributed by atoms with Gasteiger partial charge in [-0.2, -0.15) is 15.3 Å². The fourth-order valence-electron chi connectivity index (χ4n) is 3.95. The van der Waals surface area contributed by atoms with E-state index < -0.39 is 5.97 Å². The Hall–Kier alpha value is -6.61. The predicted molar refractivity (Wildman–Crippen MR) is 182 cm³/mol. The highest BCUT2D eigenvalue weighted by atomic mass is 16.4. The monoisotopic (exact) mass is 624 g/mol. The third kappa shape index (κ3) is 11.8. The van der Waals surface area contributed by atoms with Crippen LogP contribution in [0.25, 0.3) is 0 Å². The van der Waals surface area contributed by atoms with Gasteiger partial charge in [0.05, 0.1) is 22.6 Å². The van der Waals surface area contributed by atoms with Gasteiger partial charge < -0.3 is 20.4 Å². The minimum atomic E-state index is -1.05. The molecule has 9 nitrogen and oxygen atoms in total. The number of hydrogen-bond acceptors (Lipinski definition) is 8. The molecule has 0 amide bonds. The van der Waals surface area contributed by atoms with Gasteiger partial charge in [0.25, 0.3) is 0 Å². The number of aromatic carboxylic acids is 1. The highest BCUT2D eigenvalue weighted by Crippen LogP contribution is 2.24. The summed E-state index contributed by atoms with van der Waals surface area (Å²) < 4.78 is 0. The standard InChI is InChI=1S/C13H10N2O3.C13H12O.C12H10N2O/c16-10-7-5-9(6-8-10)14-15-12-4-2-1-3-11(12)13(17)18;14-13-8-6-12(7-9-13)10-11-4-2-1-3-5-11;15-12-8-6-11(7-9-12)14-13-10-4-2-1-3-5-10/h1-8,16H,(H,17,18);1-9,14H,10H2;1-9,15H. The van der Waals surface area contributed by atoms with Crippen molar-refractivity contribution in [3.05, 3.63) is 174 Å². The van der Waals surface area contributed by atoms with Crippen LogP contribution in [0, 0.1) is 0 Å². The second kappa shape index (κ2) is 17.6. The fraction of sp³-hybridized carbons (Fsp3) is 0.0263. The van der Waals surface area contributed by atoms with Gasteiger partial charge in [0.1, 0.15) is 22.9 Å². The molecule has 0 saturated carbocycles. The first-order valence-electron chi connectivity index (χ1n) is 14.5. The van der Waals surface area contributed by atoms with Gasteiger partial charge in [0.2, 0.25) is 0 Å². The van der Waals surface area contributed by atoms with E-state index in [0.717, 1.165) is 17.8 Å². The maximum atomic E-state index is 10.9. The number of phenolic OH excluding ortho intramolecular Hbond substituents is 3. The van der Waals surface area contributed by atoms with Gasteiger partial charge in [-0.25, -0.2) is 4.79 Å². The SMILES string of the molecule is O=C(O)c1ccccc1N=Nc1ccc(O)cc1.Oc1ccc(Cc2ccccc2)cc1.Oc1ccc(N=Nc2ccccc2)cc1. The minimum absolute atomic E-state index is 0.0972. The Bertz CT molecular complexity index is 1880. The molecular formula is C38H32N4O5. The molecule has 4 N–H and O–H groups in total. The van der Waals surface area contributed by atoms with Crippen molar-refractivity contribution in [3.8, 4) is 17.2 Å². The molecule has 0 aromatic heterocycles. The quantitative estimate of drug-likeness (QED) is 0.130. The van der Waals surface area contributed by atoms with Crippen LogP contribution in [0.4, 0.5) is 22.7 Å². The zero-order valence-corrected chi connectivity index (χ0v) is 25.2. The van der Waals surface area contributed by atoms with Crippen LogP contribution in [0.3, 0.4) is 0 Å². The Morgan fingerprint density at radius 3 is 1.32 bits per heavy atom. The number of hydrogen-bond donors (Lipinski definition) is 4. The van der Waals surface area contributed by atoms with Gasteiger partial charge in [-0.1, -0.05) is 72.8 Å². The van der Waals surface area contributed by atoms with Gasteiger partial charge >= 0.3 is 5.97 Å². The van der Waals surface area contributed by atoms with E-state index in [1.54, 1.807) is 66.7 Å². The number of carboxylic acid groups (broad SMARTS) is 1. The molecule has 0 unspecified atom stereocenters. The molecule has 234 valence electrons. The highest BCUT2D eigenvalue weighted by molar-refractivity contribution is 5.93. The van der Waals surface area contributed by atoms with Crippen molar-refractivity contribution in [2.75, 3.05) is 0 Å². The number of nitrogens with zero attached hydrogens (tertiary/aromatic N) is 4. The molecule has 6 rings (SSSR count). The van der Waals surface area contributed by atoms with Crippen molar-refractivity contribution in [2.45, 2.75) is 6.42 Å². The van der Waals surface area contributed by atoms with Crippen LogP contribution in [0.5, 0.6) is 17.2 Å². The first-order valence-corrected chi connectivity index (χ1v) is 14.5. The first kappa shape index (κ1) is 33.3. The Morgan fingerprint density at radius 1 is 0.426 bits per heavy atom. The first-order chi connectivity index (χ1) is 22.9. The fourth-order valence-corrected chi connectivity index (χ4v) is 3.95. The number of rotatable bonds is 7. The molecule has 0 aliphatic carbocycles. The van der Waals surface area contributed by atoms with Crippen LogP contribution in [0.2, 0.25) is 0 Å². The second-order valence-corrected chi connectivity index (χ2v) is 9.92. The zero-order valence-electron chi connectivity index (χ0n) is 25.2. The van der Waals surface area contributed by atoms with Crippen LogP contribution in [0.15, 0.2) is 178 Å². The van der Waals surface area contributed by atoms with Gasteiger partial charge in [0, 0.05) is 0 Å².